The summed E-state index contributed by atoms with van der Waals surface area (Å²) >= 11 is 1.36. The van der Waals surface area contributed by atoms with Gasteiger partial charge in [0.05, 0.1) is 12.9 Å². The molecule has 0 unspecified atom stereocenters. The van der Waals surface area contributed by atoms with Crippen molar-refractivity contribution in [3.8, 4) is 5.75 Å². The van der Waals surface area contributed by atoms with E-state index in [-0.39, 0.29) is 23.5 Å². The minimum absolute atomic E-state index is 0.152. The van der Waals surface area contributed by atoms with E-state index in [4.69, 9.17) is 4.74 Å². The zero-order valence-corrected chi connectivity index (χ0v) is 18.5. The molecule has 0 aliphatic carbocycles. The molecule has 0 radical (unpaired) electrons. The maximum absolute atomic E-state index is 12.4. The molecule has 3 aromatic carbocycles. The van der Waals surface area contributed by atoms with Gasteiger partial charge in [0.2, 0.25) is 11.8 Å². The predicted octanol–water partition coefficient (Wildman–Crippen LogP) is 4.64. The van der Waals surface area contributed by atoms with Gasteiger partial charge in [-0.05, 0) is 66.7 Å². The number of benzene rings is 3. The first-order chi connectivity index (χ1) is 15.4. The van der Waals surface area contributed by atoms with Crippen LogP contribution in [0.4, 0.5) is 17.1 Å². The molecule has 0 atom stereocenters. The van der Waals surface area contributed by atoms with Gasteiger partial charge in [0.15, 0.2) is 0 Å². The molecule has 3 N–H and O–H groups in total. The first-order valence-electron chi connectivity index (χ1n) is 9.79. The van der Waals surface area contributed by atoms with Gasteiger partial charge in [0.25, 0.3) is 5.91 Å². The summed E-state index contributed by atoms with van der Waals surface area (Å²) in [6, 6.07) is 21.1. The van der Waals surface area contributed by atoms with Crippen molar-refractivity contribution in [3.63, 3.8) is 0 Å². The van der Waals surface area contributed by atoms with Gasteiger partial charge >= 0.3 is 0 Å². The number of ether oxygens (including phenoxy) is 1. The lowest BCUT2D eigenvalue weighted by Crippen LogP contribution is -2.14. The lowest BCUT2D eigenvalue weighted by molar-refractivity contribution is -0.114. The Labute approximate surface area is 190 Å². The molecular weight excluding hydrogens is 426 g/mol. The molecule has 0 saturated heterocycles. The summed E-state index contributed by atoms with van der Waals surface area (Å²) in [6.45, 7) is 1.44. The molecule has 0 aromatic heterocycles. The number of carbonyl (C=O) groups is 3. The van der Waals surface area contributed by atoms with Crippen LogP contribution in [-0.2, 0) is 9.59 Å². The molecule has 7 nitrogen and oxygen atoms in total. The largest absolute Gasteiger partial charge is 0.497 e. The number of hydrogen-bond donors (Lipinski definition) is 3. The molecule has 0 aliphatic heterocycles. The molecule has 8 heteroatoms. The minimum Gasteiger partial charge on any atom is -0.497 e. The summed E-state index contributed by atoms with van der Waals surface area (Å²) in [5.74, 6) is 0.358. The van der Waals surface area contributed by atoms with E-state index in [1.165, 1.54) is 18.7 Å². The predicted molar refractivity (Wildman–Crippen MR) is 127 cm³/mol. The Hall–Kier alpha value is -3.78. The third-order valence-electron chi connectivity index (χ3n) is 4.30. The van der Waals surface area contributed by atoms with Gasteiger partial charge in [0, 0.05) is 34.4 Å². The van der Waals surface area contributed by atoms with E-state index >= 15 is 0 Å². The Balaban J connectivity index is 1.52. The normalized spacial score (nSPS) is 10.2. The van der Waals surface area contributed by atoms with Gasteiger partial charge in [-0.3, -0.25) is 14.4 Å². The average molecular weight is 450 g/mol. The fraction of sp³-hybridized carbons (Fsp3) is 0.125. The Kier molecular flexibility index (Phi) is 7.88. The molecule has 3 rings (SSSR count). The number of carbonyl (C=O) groups excluding carboxylic acids is 3. The highest BCUT2D eigenvalue weighted by Crippen LogP contribution is 2.23. The highest BCUT2D eigenvalue weighted by molar-refractivity contribution is 8.00. The van der Waals surface area contributed by atoms with Gasteiger partial charge in [-0.25, -0.2) is 0 Å². The van der Waals surface area contributed by atoms with Crippen LogP contribution in [-0.4, -0.2) is 30.6 Å². The maximum Gasteiger partial charge on any atom is 0.255 e. The van der Waals surface area contributed by atoms with Crippen LogP contribution in [0.5, 0.6) is 5.75 Å². The second-order valence-corrected chi connectivity index (χ2v) is 7.85. The van der Waals surface area contributed by atoms with Crippen molar-refractivity contribution >= 4 is 46.5 Å². The van der Waals surface area contributed by atoms with Crippen LogP contribution >= 0.6 is 11.8 Å². The van der Waals surface area contributed by atoms with E-state index in [1.54, 1.807) is 61.7 Å². The molecule has 164 valence electrons. The highest BCUT2D eigenvalue weighted by Gasteiger charge is 2.08. The first-order valence-corrected chi connectivity index (χ1v) is 10.8. The van der Waals surface area contributed by atoms with Crippen molar-refractivity contribution in [1.29, 1.82) is 0 Å². The monoisotopic (exact) mass is 449 g/mol. The molecule has 3 amide bonds. The van der Waals surface area contributed by atoms with Gasteiger partial charge in [-0.2, -0.15) is 0 Å². The number of thioether (sulfide) groups is 1. The number of nitrogens with one attached hydrogen (secondary N) is 3. The molecule has 0 fully saturated rings. The quantitative estimate of drug-likeness (QED) is 0.436. The summed E-state index contributed by atoms with van der Waals surface area (Å²) in [5.41, 5.74) is 2.47. The maximum atomic E-state index is 12.4. The SMILES string of the molecule is COc1ccc(C(=O)Nc2cccc(SCC(=O)Nc3ccc(NC(C)=O)cc3)c2)cc1. The van der Waals surface area contributed by atoms with E-state index < -0.39 is 0 Å². The number of amides is 3. The molecule has 0 spiro atoms. The molecule has 3 aromatic rings. The molecule has 0 saturated carbocycles. The molecule has 0 aliphatic rings. The molecule has 0 bridgehead atoms. The first kappa shape index (κ1) is 22.9. The number of rotatable bonds is 8. The third kappa shape index (κ3) is 6.88. The van der Waals surface area contributed by atoms with E-state index in [9.17, 15) is 14.4 Å². The molecule has 0 heterocycles. The smallest absolute Gasteiger partial charge is 0.255 e. The fourth-order valence-corrected chi connectivity index (χ4v) is 3.55. The number of methoxy groups -OCH3 is 1. The van der Waals surface area contributed by atoms with Crippen LogP contribution in [0.3, 0.4) is 0 Å². The highest BCUT2D eigenvalue weighted by atomic mass is 32.2. The van der Waals surface area contributed by atoms with Gasteiger partial charge in [-0.1, -0.05) is 6.07 Å². The van der Waals surface area contributed by atoms with Crippen LogP contribution in [0.1, 0.15) is 17.3 Å². The topological polar surface area (TPSA) is 96.5 Å². The summed E-state index contributed by atoms with van der Waals surface area (Å²) in [5, 5.41) is 8.35. The van der Waals surface area contributed by atoms with E-state index in [1.807, 2.05) is 18.2 Å². The summed E-state index contributed by atoms with van der Waals surface area (Å²) in [4.78, 5) is 36.6. The zero-order valence-electron chi connectivity index (χ0n) is 17.7. The van der Waals surface area contributed by atoms with E-state index in [0.717, 1.165) is 4.90 Å². The second kappa shape index (κ2) is 11.0. The average Bonchev–Trinajstić information content (AvgIpc) is 2.79. The standard InChI is InChI=1S/C24H23N3O4S/c1-16(28)25-18-8-10-19(11-9-18)26-23(29)15-32-22-5-3-4-20(14-22)27-24(30)17-6-12-21(31-2)13-7-17/h3-14H,15H2,1-2H3,(H,25,28)(H,26,29)(H,27,30). The van der Waals surface area contributed by atoms with Crippen molar-refractivity contribution in [2.45, 2.75) is 11.8 Å². The van der Waals surface area contributed by atoms with Crippen molar-refractivity contribution in [1.82, 2.24) is 0 Å². The van der Waals surface area contributed by atoms with Crippen LogP contribution in [0, 0.1) is 0 Å². The van der Waals surface area contributed by atoms with Gasteiger partial charge < -0.3 is 20.7 Å². The Bertz CT molecular complexity index is 1100. The summed E-state index contributed by atoms with van der Waals surface area (Å²) < 4.78 is 5.10. The van der Waals surface area contributed by atoms with Crippen molar-refractivity contribution in [2.24, 2.45) is 0 Å². The molecular formula is C24H23N3O4S. The lowest BCUT2D eigenvalue weighted by atomic mass is 10.2. The van der Waals surface area contributed by atoms with Crippen LogP contribution in [0.15, 0.2) is 77.7 Å². The summed E-state index contributed by atoms with van der Waals surface area (Å²) in [7, 11) is 1.57. The minimum atomic E-state index is -0.227. The van der Waals surface area contributed by atoms with Gasteiger partial charge in [0.1, 0.15) is 5.75 Å². The number of hydrogen-bond acceptors (Lipinski definition) is 5. The van der Waals surface area contributed by atoms with Crippen LogP contribution in [0.2, 0.25) is 0 Å². The van der Waals surface area contributed by atoms with Crippen LogP contribution in [0.25, 0.3) is 0 Å². The Morgan fingerprint density at radius 1 is 0.812 bits per heavy atom. The van der Waals surface area contributed by atoms with E-state index in [2.05, 4.69) is 16.0 Å². The second-order valence-electron chi connectivity index (χ2n) is 6.81. The van der Waals surface area contributed by atoms with Gasteiger partial charge in [-0.15, -0.1) is 11.8 Å². The Morgan fingerprint density at radius 2 is 1.47 bits per heavy atom. The van der Waals surface area contributed by atoms with Crippen molar-refractivity contribution in [3.05, 3.63) is 78.4 Å². The molecule has 32 heavy (non-hydrogen) atoms. The van der Waals surface area contributed by atoms with Crippen LogP contribution < -0.4 is 20.7 Å². The number of anilines is 3. The fourth-order valence-electron chi connectivity index (χ4n) is 2.80. The zero-order chi connectivity index (χ0) is 22.9. The lowest BCUT2D eigenvalue weighted by Gasteiger charge is -2.09. The third-order valence-corrected chi connectivity index (χ3v) is 5.30. The summed E-state index contributed by atoms with van der Waals surface area (Å²) in [6.07, 6.45) is 0. The van der Waals surface area contributed by atoms with Crippen molar-refractivity contribution < 1.29 is 19.1 Å². The van der Waals surface area contributed by atoms with E-state index in [0.29, 0.717) is 28.4 Å². The Morgan fingerprint density at radius 3 is 2.09 bits per heavy atom. The van der Waals surface area contributed by atoms with Crippen molar-refractivity contribution in [2.75, 3.05) is 28.8 Å².